The molecule has 1 aliphatic rings. The van der Waals surface area contributed by atoms with Crippen molar-refractivity contribution in [2.45, 2.75) is 13.1 Å². The number of aromatic nitrogens is 1. The van der Waals surface area contributed by atoms with Crippen LogP contribution in [-0.4, -0.2) is 22.9 Å². The van der Waals surface area contributed by atoms with Gasteiger partial charge in [-0.3, -0.25) is 4.79 Å². The lowest BCUT2D eigenvalue weighted by atomic mass is 10.2. The molecule has 102 valence electrons. The number of carbonyl (C=O) groups is 1. The van der Waals surface area contributed by atoms with Crippen molar-refractivity contribution in [3.05, 3.63) is 58.4 Å². The number of pyridine rings is 1. The molecule has 1 amide bonds. The molecule has 1 aromatic carbocycles. The second-order valence-corrected chi connectivity index (χ2v) is 5.00. The first-order valence-electron chi connectivity index (χ1n) is 6.24. The zero-order valence-corrected chi connectivity index (χ0v) is 11.7. The second-order valence-electron chi connectivity index (χ2n) is 4.64. The van der Waals surface area contributed by atoms with Gasteiger partial charge in [0.15, 0.2) is 0 Å². The summed E-state index contributed by atoms with van der Waals surface area (Å²) in [5, 5.41) is 0.410. The van der Waals surface area contributed by atoms with Gasteiger partial charge in [0.05, 0.1) is 13.7 Å². The maximum absolute atomic E-state index is 12.3. The predicted octanol–water partition coefficient (Wildman–Crippen LogP) is 2.90. The molecule has 0 spiro atoms. The molecule has 5 heteroatoms. The highest BCUT2D eigenvalue weighted by Crippen LogP contribution is 2.28. The molecule has 0 bridgehead atoms. The average molecular weight is 289 g/mol. The van der Waals surface area contributed by atoms with Crippen LogP contribution in [0.1, 0.15) is 21.5 Å². The molecule has 0 unspecified atom stereocenters. The van der Waals surface area contributed by atoms with Crippen LogP contribution in [0.25, 0.3) is 0 Å². The summed E-state index contributed by atoms with van der Waals surface area (Å²) in [5.41, 5.74) is 2.52. The Labute approximate surface area is 122 Å². The third kappa shape index (κ3) is 2.23. The molecule has 0 radical (unpaired) electrons. The lowest BCUT2D eigenvalue weighted by Gasteiger charge is -2.15. The molecule has 0 saturated heterocycles. The van der Waals surface area contributed by atoms with Crippen LogP contribution in [0.2, 0.25) is 5.15 Å². The summed E-state index contributed by atoms with van der Waals surface area (Å²) in [7, 11) is 1.63. The number of fused-ring (bicyclic) bond motifs is 1. The van der Waals surface area contributed by atoms with Crippen molar-refractivity contribution in [2.75, 3.05) is 7.11 Å². The van der Waals surface area contributed by atoms with Gasteiger partial charge in [0.1, 0.15) is 10.9 Å². The summed E-state index contributed by atoms with van der Waals surface area (Å²) in [4.78, 5) is 18.1. The summed E-state index contributed by atoms with van der Waals surface area (Å²) in [6.07, 6.45) is 1.57. The van der Waals surface area contributed by atoms with Gasteiger partial charge in [-0.05, 0) is 23.8 Å². The van der Waals surface area contributed by atoms with E-state index in [-0.39, 0.29) is 5.91 Å². The van der Waals surface area contributed by atoms with Crippen molar-refractivity contribution in [2.24, 2.45) is 0 Å². The van der Waals surface area contributed by atoms with E-state index < -0.39 is 0 Å². The molecule has 0 fully saturated rings. The molecule has 1 aromatic heterocycles. The average Bonchev–Trinajstić information content (AvgIpc) is 2.79. The Morgan fingerprint density at radius 3 is 2.70 bits per heavy atom. The molecular weight excluding hydrogens is 276 g/mol. The lowest BCUT2D eigenvalue weighted by molar-refractivity contribution is 0.0766. The fourth-order valence-electron chi connectivity index (χ4n) is 2.33. The van der Waals surface area contributed by atoms with Gasteiger partial charge in [0, 0.05) is 23.9 Å². The fraction of sp³-hybridized carbons (Fsp3) is 0.200. The van der Waals surface area contributed by atoms with E-state index in [4.69, 9.17) is 16.3 Å². The van der Waals surface area contributed by atoms with Gasteiger partial charge < -0.3 is 9.64 Å². The van der Waals surface area contributed by atoms with Crippen LogP contribution in [0.4, 0.5) is 0 Å². The Morgan fingerprint density at radius 2 is 2.05 bits per heavy atom. The topological polar surface area (TPSA) is 42.4 Å². The number of carbonyl (C=O) groups excluding carboxylic acids is 1. The number of hydrogen-bond donors (Lipinski definition) is 0. The van der Waals surface area contributed by atoms with Crippen molar-refractivity contribution in [1.82, 2.24) is 9.88 Å². The Hall–Kier alpha value is -2.07. The van der Waals surface area contributed by atoms with E-state index >= 15 is 0 Å². The molecule has 2 aromatic rings. The summed E-state index contributed by atoms with van der Waals surface area (Å²) in [5.74, 6) is 0.803. The quantitative estimate of drug-likeness (QED) is 0.816. The lowest BCUT2D eigenvalue weighted by Crippen LogP contribution is -2.23. The monoisotopic (exact) mass is 288 g/mol. The van der Waals surface area contributed by atoms with Crippen LogP contribution in [0.3, 0.4) is 0 Å². The summed E-state index contributed by atoms with van der Waals surface area (Å²) >= 11 is 6.04. The highest BCUT2D eigenvalue weighted by Gasteiger charge is 2.29. The maximum atomic E-state index is 12.3. The van der Waals surface area contributed by atoms with Crippen LogP contribution in [-0.2, 0) is 13.1 Å². The van der Waals surface area contributed by atoms with E-state index in [1.165, 1.54) is 0 Å². The normalized spacial score (nSPS) is 13.5. The number of rotatable bonds is 3. The summed E-state index contributed by atoms with van der Waals surface area (Å²) < 4.78 is 5.12. The van der Waals surface area contributed by atoms with E-state index in [9.17, 15) is 4.79 Å². The van der Waals surface area contributed by atoms with Crippen molar-refractivity contribution in [3.8, 4) is 5.75 Å². The van der Waals surface area contributed by atoms with Crippen molar-refractivity contribution in [3.63, 3.8) is 0 Å². The van der Waals surface area contributed by atoms with Crippen LogP contribution in [0.15, 0.2) is 36.5 Å². The zero-order valence-electron chi connectivity index (χ0n) is 11.0. The zero-order chi connectivity index (χ0) is 14.1. The summed E-state index contributed by atoms with van der Waals surface area (Å²) in [6, 6.07) is 9.40. The third-order valence-corrected chi connectivity index (χ3v) is 3.73. The number of ether oxygens (including phenoxy) is 1. The highest BCUT2D eigenvalue weighted by atomic mass is 35.5. The van der Waals surface area contributed by atoms with E-state index in [0.29, 0.717) is 23.8 Å². The smallest absolute Gasteiger partial charge is 0.254 e. The first-order chi connectivity index (χ1) is 9.69. The highest BCUT2D eigenvalue weighted by molar-refractivity contribution is 6.30. The Bertz CT molecular complexity index is 655. The molecule has 20 heavy (non-hydrogen) atoms. The van der Waals surface area contributed by atoms with E-state index in [2.05, 4.69) is 4.98 Å². The first kappa shape index (κ1) is 12.9. The van der Waals surface area contributed by atoms with Gasteiger partial charge in [0.25, 0.3) is 5.91 Å². The number of methoxy groups -OCH3 is 1. The van der Waals surface area contributed by atoms with E-state index in [1.807, 2.05) is 24.3 Å². The minimum absolute atomic E-state index is 0.000109. The number of nitrogens with zero attached hydrogens (tertiary/aromatic N) is 2. The van der Waals surface area contributed by atoms with Gasteiger partial charge in [-0.15, -0.1) is 0 Å². The third-order valence-electron chi connectivity index (χ3n) is 3.40. The minimum atomic E-state index is 0.000109. The molecule has 0 saturated carbocycles. The molecule has 0 aliphatic carbocycles. The first-order valence-corrected chi connectivity index (χ1v) is 6.62. The predicted molar refractivity (Wildman–Crippen MR) is 75.8 cm³/mol. The minimum Gasteiger partial charge on any atom is -0.497 e. The Morgan fingerprint density at radius 1 is 1.30 bits per heavy atom. The number of halogens is 1. The number of amides is 1. The largest absolute Gasteiger partial charge is 0.497 e. The molecule has 0 atom stereocenters. The van der Waals surface area contributed by atoms with Crippen molar-refractivity contribution >= 4 is 17.5 Å². The van der Waals surface area contributed by atoms with Crippen molar-refractivity contribution in [1.29, 1.82) is 0 Å². The molecule has 3 rings (SSSR count). The van der Waals surface area contributed by atoms with Gasteiger partial charge >= 0.3 is 0 Å². The fourth-order valence-corrected chi connectivity index (χ4v) is 2.55. The summed E-state index contributed by atoms with van der Waals surface area (Å²) in [6.45, 7) is 1.06. The second kappa shape index (κ2) is 5.13. The molecule has 0 N–H and O–H groups in total. The van der Waals surface area contributed by atoms with Crippen molar-refractivity contribution < 1.29 is 9.53 Å². The van der Waals surface area contributed by atoms with Crippen LogP contribution >= 0.6 is 11.6 Å². The molecule has 4 nitrogen and oxygen atoms in total. The standard InChI is InChI=1S/C15H13ClN2O2/c1-20-11-4-2-10(3-5-11)8-18-9-13-12(15(18)19)6-7-17-14(13)16/h2-7H,8-9H2,1H3. The van der Waals surface area contributed by atoms with Crippen LogP contribution < -0.4 is 4.74 Å². The van der Waals surface area contributed by atoms with Gasteiger partial charge in [0.2, 0.25) is 0 Å². The van der Waals surface area contributed by atoms with Gasteiger partial charge in [-0.25, -0.2) is 4.98 Å². The number of hydrogen-bond acceptors (Lipinski definition) is 3. The van der Waals surface area contributed by atoms with Gasteiger partial charge in [-0.2, -0.15) is 0 Å². The maximum Gasteiger partial charge on any atom is 0.254 e. The SMILES string of the molecule is COc1ccc(CN2Cc3c(ccnc3Cl)C2=O)cc1. The Balaban J connectivity index is 1.80. The van der Waals surface area contributed by atoms with Crippen LogP contribution in [0.5, 0.6) is 5.75 Å². The van der Waals surface area contributed by atoms with Gasteiger partial charge in [-0.1, -0.05) is 23.7 Å². The van der Waals surface area contributed by atoms with Crippen LogP contribution in [0, 0.1) is 0 Å². The van der Waals surface area contributed by atoms with E-state index in [0.717, 1.165) is 16.9 Å². The molecule has 2 heterocycles. The molecule has 1 aliphatic heterocycles. The Kier molecular flexibility index (Phi) is 3.32. The number of benzene rings is 1. The van der Waals surface area contributed by atoms with E-state index in [1.54, 1.807) is 24.3 Å². The molecular formula is C15H13ClN2O2.